The van der Waals surface area contributed by atoms with E-state index in [9.17, 15) is 18.0 Å². The number of hydrogen-bond acceptors (Lipinski definition) is 2. The van der Waals surface area contributed by atoms with Gasteiger partial charge in [-0.25, -0.2) is 0 Å². The van der Waals surface area contributed by atoms with Crippen LogP contribution in [0.2, 0.25) is 0 Å². The Kier molecular flexibility index (Phi) is 1.82. The summed E-state index contributed by atoms with van der Waals surface area (Å²) in [4.78, 5) is 10.3. The zero-order valence-corrected chi connectivity index (χ0v) is 6.06. The van der Waals surface area contributed by atoms with Crippen molar-refractivity contribution < 1.29 is 23.1 Å². The summed E-state index contributed by atoms with van der Waals surface area (Å²) in [6.45, 7) is -0.230. The molecule has 0 bridgehead atoms. The van der Waals surface area contributed by atoms with E-state index in [4.69, 9.17) is 10.8 Å². The first-order chi connectivity index (χ1) is 5.36. The van der Waals surface area contributed by atoms with E-state index in [1.54, 1.807) is 0 Å². The van der Waals surface area contributed by atoms with Crippen LogP contribution in [0.1, 0.15) is 6.42 Å². The summed E-state index contributed by atoms with van der Waals surface area (Å²) in [6.07, 6.45) is -5.06. The molecule has 0 radical (unpaired) electrons. The highest BCUT2D eigenvalue weighted by Gasteiger charge is 2.75. The van der Waals surface area contributed by atoms with Gasteiger partial charge in [0.1, 0.15) is 0 Å². The van der Waals surface area contributed by atoms with Crippen LogP contribution >= 0.6 is 0 Å². The molecule has 2 atom stereocenters. The predicted octanol–water partition coefficient (Wildman–Crippen LogP) is 0.598. The molecule has 6 heteroatoms. The van der Waals surface area contributed by atoms with Crippen molar-refractivity contribution in [3.8, 4) is 0 Å². The zero-order chi connectivity index (χ0) is 9.57. The highest BCUT2D eigenvalue weighted by Crippen LogP contribution is 2.62. The minimum atomic E-state index is -4.68. The Morgan fingerprint density at radius 1 is 1.67 bits per heavy atom. The Morgan fingerprint density at radius 2 is 2.17 bits per heavy atom. The fraction of sp³-hybridized carbons (Fsp3) is 0.833. The second-order valence-electron chi connectivity index (χ2n) is 2.91. The van der Waals surface area contributed by atoms with Crippen molar-refractivity contribution in [2.45, 2.75) is 12.6 Å². The van der Waals surface area contributed by atoms with Crippen molar-refractivity contribution in [1.82, 2.24) is 0 Å². The highest BCUT2D eigenvalue weighted by atomic mass is 19.4. The molecule has 1 saturated carbocycles. The first-order valence-corrected chi connectivity index (χ1v) is 3.36. The van der Waals surface area contributed by atoms with Gasteiger partial charge in [0.05, 0.1) is 0 Å². The topological polar surface area (TPSA) is 63.3 Å². The number of hydrogen-bond donors (Lipinski definition) is 2. The standard InChI is InChI=1S/C6H8F3NO2/c7-6(8,9)5(4(11)12)1-3(5)2-10/h3H,1-2,10H2,(H,11,12)/t3-,5-/m1/s1. The van der Waals surface area contributed by atoms with Gasteiger partial charge in [0.2, 0.25) is 0 Å². The van der Waals surface area contributed by atoms with E-state index < -0.39 is 23.5 Å². The number of carbonyl (C=O) groups is 1. The summed E-state index contributed by atoms with van der Waals surface area (Å²) < 4.78 is 36.4. The summed E-state index contributed by atoms with van der Waals surface area (Å²) in [5.41, 5.74) is 2.43. The lowest BCUT2D eigenvalue weighted by atomic mass is 10.0. The fourth-order valence-corrected chi connectivity index (χ4v) is 1.34. The predicted molar refractivity (Wildman–Crippen MR) is 33.3 cm³/mol. The van der Waals surface area contributed by atoms with Gasteiger partial charge in [-0.2, -0.15) is 13.2 Å². The lowest BCUT2D eigenvalue weighted by molar-refractivity contribution is -0.206. The third kappa shape index (κ3) is 0.979. The Morgan fingerprint density at radius 3 is 2.25 bits per heavy atom. The maximum absolute atomic E-state index is 12.1. The van der Waals surface area contributed by atoms with Crippen LogP contribution in [0.3, 0.4) is 0 Å². The van der Waals surface area contributed by atoms with E-state index in [0.29, 0.717) is 0 Å². The normalized spacial score (nSPS) is 34.8. The molecule has 0 saturated heterocycles. The molecule has 1 rings (SSSR count). The largest absolute Gasteiger partial charge is 0.481 e. The molecule has 1 aliphatic rings. The molecule has 3 nitrogen and oxygen atoms in total. The Hall–Kier alpha value is -0.780. The van der Waals surface area contributed by atoms with Gasteiger partial charge in [0.15, 0.2) is 5.41 Å². The van der Waals surface area contributed by atoms with E-state index in [1.165, 1.54) is 0 Å². The van der Waals surface area contributed by atoms with Gasteiger partial charge in [0.25, 0.3) is 0 Å². The maximum atomic E-state index is 12.1. The van der Waals surface area contributed by atoms with Gasteiger partial charge in [-0.3, -0.25) is 4.79 Å². The minimum absolute atomic E-state index is 0.230. The molecular formula is C6H8F3NO2. The third-order valence-corrected chi connectivity index (χ3v) is 2.28. The molecule has 1 fully saturated rings. The quantitative estimate of drug-likeness (QED) is 0.658. The molecule has 0 heterocycles. The van der Waals surface area contributed by atoms with Crippen LogP contribution in [0.5, 0.6) is 0 Å². The van der Waals surface area contributed by atoms with E-state index >= 15 is 0 Å². The second kappa shape index (κ2) is 2.35. The fourth-order valence-electron chi connectivity index (χ4n) is 1.34. The van der Waals surface area contributed by atoms with Crippen molar-refractivity contribution in [1.29, 1.82) is 0 Å². The molecular weight excluding hydrogens is 175 g/mol. The van der Waals surface area contributed by atoms with Crippen molar-refractivity contribution in [3.05, 3.63) is 0 Å². The summed E-state index contributed by atoms with van der Waals surface area (Å²) >= 11 is 0. The molecule has 3 N–H and O–H groups in total. The third-order valence-electron chi connectivity index (χ3n) is 2.28. The summed E-state index contributed by atoms with van der Waals surface area (Å²) in [5.74, 6) is -2.76. The minimum Gasteiger partial charge on any atom is -0.481 e. The van der Waals surface area contributed by atoms with Gasteiger partial charge in [-0.15, -0.1) is 0 Å². The lowest BCUT2D eigenvalue weighted by Gasteiger charge is -2.15. The van der Waals surface area contributed by atoms with Crippen molar-refractivity contribution in [3.63, 3.8) is 0 Å². The smallest absolute Gasteiger partial charge is 0.405 e. The molecule has 0 aromatic carbocycles. The highest BCUT2D eigenvalue weighted by molar-refractivity contribution is 5.79. The van der Waals surface area contributed by atoms with Gasteiger partial charge < -0.3 is 10.8 Å². The molecule has 0 aromatic heterocycles. The average Bonchev–Trinajstić information content (AvgIpc) is 2.59. The first-order valence-electron chi connectivity index (χ1n) is 3.36. The van der Waals surface area contributed by atoms with Crippen molar-refractivity contribution >= 4 is 5.97 Å². The molecule has 0 aromatic rings. The average molecular weight is 183 g/mol. The zero-order valence-electron chi connectivity index (χ0n) is 6.06. The molecule has 0 aliphatic heterocycles. The van der Waals surface area contributed by atoms with Crippen LogP contribution in [0, 0.1) is 11.3 Å². The Bertz CT molecular complexity index is 215. The molecule has 70 valence electrons. The van der Waals surface area contributed by atoms with Gasteiger partial charge >= 0.3 is 12.1 Å². The van der Waals surface area contributed by atoms with Crippen LogP contribution < -0.4 is 5.73 Å². The molecule has 0 spiro atoms. The number of carboxylic acid groups (broad SMARTS) is 1. The van der Waals surface area contributed by atoms with E-state index in [1.807, 2.05) is 0 Å². The molecule has 0 amide bonds. The Balaban J connectivity index is 2.87. The van der Waals surface area contributed by atoms with Crippen molar-refractivity contribution in [2.24, 2.45) is 17.1 Å². The molecule has 1 aliphatic carbocycles. The molecule has 12 heavy (non-hydrogen) atoms. The number of aliphatic carboxylic acids is 1. The summed E-state index contributed by atoms with van der Waals surface area (Å²) in [5, 5.41) is 8.37. The molecule has 0 unspecified atom stereocenters. The van der Waals surface area contributed by atoms with Crippen LogP contribution in [-0.2, 0) is 4.79 Å². The summed E-state index contributed by atoms with van der Waals surface area (Å²) in [7, 11) is 0. The Labute approximate surface area is 66.4 Å². The lowest BCUT2D eigenvalue weighted by Crippen LogP contribution is -2.35. The first kappa shape index (κ1) is 9.31. The van der Waals surface area contributed by atoms with Gasteiger partial charge in [-0.1, -0.05) is 0 Å². The maximum Gasteiger partial charge on any atom is 0.405 e. The van der Waals surface area contributed by atoms with E-state index in [2.05, 4.69) is 0 Å². The van der Waals surface area contributed by atoms with E-state index in [-0.39, 0.29) is 13.0 Å². The number of carboxylic acids is 1. The number of rotatable bonds is 2. The number of halogens is 3. The second-order valence-corrected chi connectivity index (χ2v) is 2.91. The van der Waals surface area contributed by atoms with Crippen LogP contribution in [0.4, 0.5) is 13.2 Å². The number of alkyl halides is 3. The SMILES string of the molecule is NC[C@H]1C[C@@]1(C(=O)O)C(F)(F)F. The van der Waals surface area contributed by atoms with Crippen molar-refractivity contribution in [2.75, 3.05) is 6.54 Å². The van der Waals surface area contributed by atoms with Crippen LogP contribution in [0.15, 0.2) is 0 Å². The monoisotopic (exact) mass is 183 g/mol. The van der Waals surface area contributed by atoms with E-state index in [0.717, 1.165) is 0 Å². The van der Waals surface area contributed by atoms with Crippen LogP contribution in [0.25, 0.3) is 0 Å². The van der Waals surface area contributed by atoms with Crippen LogP contribution in [-0.4, -0.2) is 23.8 Å². The summed E-state index contributed by atoms with van der Waals surface area (Å²) in [6, 6.07) is 0. The number of nitrogens with two attached hydrogens (primary N) is 1. The van der Waals surface area contributed by atoms with Gasteiger partial charge in [-0.05, 0) is 18.9 Å². The van der Waals surface area contributed by atoms with Gasteiger partial charge in [0, 0.05) is 0 Å².